The van der Waals surface area contributed by atoms with E-state index in [1.165, 1.54) is 0 Å². The Kier molecular flexibility index (Phi) is 4.52. The molecule has 1 heterocycles. The van der Waals surface area contributed by atoms with E-state index in [2.05, 4.69) is 38.5 Å². The molecule has 1 aromatic carbocycles. The van der Waals surface area contributed by atoms with Crippen molar-refractivity contribution >= 4 is 61.5 Å². The molecule has 0 amide bonds. The van der Waals surface area contributed by atoms with Gasteiger partial charge < -0.3 is 5.11 Å². The number of aliphatic hydroxyl groups excluding tert-OH is 1. The van der Waals surface area contributed by atoms with Crippen molar-refractivity contribution in [2.45, 2.75) is 13.0 Å². The summed E-state index contributed by atoms with van der Waals surface area (Å²) in [5.74, 6) is 0. The van der Waals surface area contributed by atoms with Crippen LogP contribution >= 0.6 is 61.5 Å². The van der Waals surface area contributed by atoms with E-state index in [4.69, 9.17) is 11.6 Å². The first-order valence-corrected chi connectivity index (χ1v) is 7.94. The SMILES string of the molecule is Cc1sc(Br)cc1C(O)c1ccc(I)c(Cl)c1. The monoisotopic (exact) mass is 442 g/mol. The molecule has 0 saturated heterocycles. The Labute approximate surface area is 131 Å². The fourth-order valence-electron chi connectivity index (χ4n) is 1.59. The predicted molar refractivity (Wildman–Crippen MR) is 85.0 cm³/mol. The van der Waals surface area contributed by atoms with Gasteiger partial charge in [-0.25, -0.2) is 0 Å². The molecule has 0 aliphatic rings. The van der Waals surface area contributed by atoms with Gasteiger partial charge in [-0.2, -0.15) is 0 Å². The number of halogens is 3. The van der Waals surface area contributed by atoms with Crippen LogP contribution in [0.5, 0.6) is 0 Å². The van der Waals surface area contributed by atoms with Crippen LogP contribution in [0.2, 0.25) is 5.02 Å². The third-order valence-electron chi connectivity index (χ3n) is 2.48. The second-order valence-electron chi connectivity index (χ2n) is 3.64. The van der Waals surface area contributed by atoms with Crippen molar-refractivity contribution in [1.29, 1.82) is 0 Å². The first kappa shape index (κ1) is 13.8. The molecule has 0 saturated carbocycles. The molecule has 90 valence electrons. The third kappa shape index (κ3) is 3.04. The van der Waals surface area contributed by atoms with Crippen LogP contribution in [-0.4, -0.2) is 5.11 Å². The van der Waals surface area contributed by atoms with Crippen molar-refractivity contribution in [1.82, 2.24) is 0 Å². The van der Waals surface area contributed by atoms with Crippen LogP contribution in [0.3, 0.4) is 0 Å². The van der Waals surface area contributed by atoms with Crippen LogP contribution in [0.15, 0.2) is 28.1 Å². The summed E-state index contributed by atoms with van der Waals surface area (Å²) in [4.78, 5) is 1.11. The summed E-state index contributed by atoms with van der Waals surface area (Å²) in [5, 5.41) is 11.0. The number of aliphatic hydroxyl groups is 1. The molecule has 1 nitrogen and oxygen atoms in total. The lowest BCUT2D eigenvalue weighted by molar-refractivity contribution is 0.220. The number of benzene rings is 1. The topological polar surface area (TPSA) is 20.2 Å². The first-order valence-electron chi connectivity index (χ1n) is 4.88. The van der Waals surface area contributed by atoms with Crippen LogP contribution < -0.4 is 0 Å². The van der Waals surface area contributed by atoms with Gasteiger partial charge in [0.2, 0.25) is 0 Å². The molecular weight excluding hydrogens is 434 g/mol. The number of hydrogen-bond donors (Lipinski definition) is 1. The van der Waals surface area contributed by atoms with Crippen LogP contribution in [0.1, 0.15) is 22.1 Å². The van der Waals surface area contributed by atoms with Gasteiger partial charge in [0.25, 0.3) is 0 Å². The normalized spacial score (nSPS) is 12.8. The molecule has 2 rings (SSSR count). The van der Waals surface area contributed by atoms with E-state index in [0.717, 1.165) is 23.4 Å². The summed E-state index contributed by atoms with van der Waals surface area (Å²) < 4.78 is 2.02. The van der Waals surface area contributed by atoms with E-state index in [1.54, 1.807) is 11.3 Å². The zero-order valence-corrected chi connectivity index (χ0v) is 14.2. The second-order valence-corrected chi connectivity index (χ2v) is 7.84. The molecule has 1 atom stereocenters. The Balaban J connectivity index is 2.40. The van der Waals surface area contributed by atoms with Crippen molar-refractivity contribution in [2.75, 3.05) is 0 Å². The fourth-order valence-corrected chi connectivity index (χ4v) is 3.86. The molecule has 1 N–H and O–H groups in total. The fraction of sp³-hybridized carbons (Fsp3) is 0.167. The van der Waals surface area contributed by atoms with Crippen molar-refractivity contribution in [3.63, 3.8) is 0 Å². The van der Waals surface area contributed by atoms with E-state index >= 15 is 0 Å². The highest BCUT2D eigenvalue weighted by atomic mass is 127. The Morgan fingerprint density at radius 1 is 1.41 bits per heavy atom. The minimum atomic E-state index is -0.618. The van der Waals surface area contributed by atoms with Crippen LogP contribution in [0.25, 0.3) is 0 Å². The molecule has 2 aromatic rings. The van der Waals surface area contributed by atoms with Crippen LogP contribution in [-0.2, 0) is 0 Å². The minimum Gasteiger partial charge on any atom is -0.384 e. The Morgan fingerprint density at radius 2 is 2.12 bits per heavy atom. The maximum atomic E-state index is 10.3. The number of hydrogen-bond acceptors (Lipinski definition) is 2. The summed E-state index contributed by atoms with van der Waals surface area (Å²) in [5.41, 5.74) is 1.75. The molecule has 0 aliphatic carbocycles. The zero-order valence-electron chi connectivity index (χ0n) is 8.88. The van der Waals surface area contributed by atoms with E-state index in [1.807, 2.05) is 31.2 Å². The quantitative estimate of drug-likeness (QED) is 0.636. The highest BCUT2D eigenvalue weighted by Gasteiger charge is 2.16. The molecule has 0 spiro atoms. The molecule has 0 radical (unpaired) electrons. The van der Waals surface area contributed by atoms with Gasteiger partial charge in [0.15, 0.2) is 0 Å². The summed E-state index contributed by atoms with van der Waals surface area (Å²) >= 11 is 13.3. The van der Waals surface area contributed by atoms with Gasteiger partial charge in [-0.05, 0) is 74.8 Å². The summed E-state index contributed by atoms with van der Waals surface area (Å²) in [6, 6.07) is 7.59. The highest BCUT2D eigenvalue weighted by molar-refractivity contribution is 14.1. The van der Waals surface area contributed by atoms with E-state index in [-0.39, 0.29) is 0 Å². The van der Waals surface area contributed by atoms with Gasteiger partial charge in [-0.3, -0.25) is 0 Å². The first-order chi connectivity index (χ1) is 7.99. The summed E-state index contributed by atoms with van der Waals surface area (Å²) in [6.45, 7) is 2.00. The Hall–Kier alpha value is 0.380. The average Bonchev–Trinajstić information content (AvgIpc) is 2.61. The molecule has 0 bridgehead atoms. The van der Waals surface area contributed by atoms with E-state index < -0.39 is 6.10 Å². The second kappa shape index (κ2) is 5.57. The molecule has 1 aromatic heterocycles. The van der Waals surface area contributed by atoms with Gasteiger partial charge >= 0.3 is 0 Å². The molecule has 0 fully saturated rings. The van der Waals surface area contributed by atoms with Crippen LogP contribution in [0, 0.1) is 10.5 Å². The lowest BCUT2D eigenvalue weighted by Gasteiger charge is -2.11. The van der Waals surface area contributed by atoms with Gasteiger partial charge in [0, 0.05) is 8.45 Å². The molecule has 5 heteroatoms. The lowest BCUT2D eigenvalue weighted by Crippen LogP contribution is -1.99. The van der Waals surface area contributed by atoms with Gasteiger partial charge in [-0.1, -0.05) is 17.7 Å². The largest absolute Gasteiger partial charge is 0.384 e. The summed E-state index contributed by atoms with van der Waals surface area (Å²) in [6.07, 6.45) is -0.618. The van der Waals surface area contributed by atoms with Gasteiger partial charge in [0.1, 0.15) is 6.10 Å². The van der Waals surface area contributed by atoms with Gasteiger partial charge in [-0.15, -0.1) is 11.3 Å². The smallest absolute Gasteiger partial charge is 0.105 e. The maximum Gasteiger partial charge on any atom is 0.105 e. The van der Waals surface area contributed by atoms with Crippen molar-refractivity contribution in [3.8, 4) is 0 Å². The van der Waals surface area contributed by atoms with Gasteiger partial charge in [0.05, 0.1) is 8.81 Å². The Bertz CT molecular complexity index is 555. The lowest BCUT2D eigenvalue weighted by atomic mass is 10.0. The molecular formula is C12H9BrClIOS. The number of aryl methyl sites for hydroxylation is 1. The van der Waals surface area contributed by atoms with Crippen molar-refractivity contribution in [2.24, 2.45) is 0 Å². The van der Waals surface area contributed by atoms with E-state index in [0.29, 0.717) is 5.02 Å². The molecule has 0 aliphatic heterocycles. The standard InChI is InChI=1S/C12H9BrClIOS/c1-6-8(5-11(13)17-6)12(16)7-2-3-10(15)9(14)4-7/h2-5,12,16H,1H3. The van der Waals surface area contributed by atoms with E-state index in [9.17, 15) is 5.11 Å². The third-order valence-corrected chi connectivity index (χ3v) is 5.62. The Morgan fingerprint density at radius 3 is 2.65 bits per heavy atom. The average molecular weight is 444 g/mol. The zero-order chi connectivity index (χ0) is 12.6. The molecule has 1 unspecified atom stereocenters. The van der Waals surface area contributed by atoms with Crippen molar-refractivity contribution < 1.29 is 5.11 Å². The van der Waals surface area contributed by atoms with Crippen LogP contribution in [0.4, 0.5) is 0 Å². The number of thiophene rings is 1. The number of rotatable bonds is 2. The van der Waals surface area contributed by atoms with Crippen molar-refractivity contribution in [3.05, 3.63) is 52.6 Å². The highest BCUT2D eigenvalue weighted by Crippen LogP contribution is 2.34. The molecule has 17 heavy (non-hydrogen) atoms. The minimum absolute atomic E-state index is 0.618. The predicted octanol–water partition coefficient (Wildman–Crippen LogP) is 5.16. The summed E-state index contributed by atoms with van der Waals surface area (Å²) in [7, 11) is 0. The maximum absolute atomic E-state index is 10.3.